The number of nitrogens with zero attached hydrogens (tertiary/aromatic N) is 1. The molecule has 1 spiro atoms. The third-order valence-electron chi connectivity index (χ3n) is 8.07. The lowest BCUT2D eigenvalue weighted by molar-refractivity contribution is -0.122. The molecule has 3 heterocycles. The van der Waals surface area contributed by atoms with E-state index >= 15 is 0 Å². The molecule has 0 unspecified atom stereocenters. The minimum absolute atomic E-state index is 0.217. The van der Waals surface area contributed by atoms with Gasteiger partial charge in [0.05, 0.1) is 18.0 Å². The molecule has 1 amide bonds. The van der Waals surface area contributed by atoms with Crippen molar-refractivity contribution >= 4 is 34.9 Å². The zero-order chi connectivity index (χ0) is 25.9. The number of ketones is 2. The van der Waals surface area contributed by atoms with Gasteiger partial charge in [-0.05, 0) is 48.7 Å². The summed E-state index contributed by atoms with van der Waals surface area (Å²) in [4.78, 5) is 43.7. The molecule has 3 aliphatic heterocycles. The van der Waals surface area contributed by atoms with Crippen molar-refractivity contribution in [2.45, 2.75) is 44.2 Å². The fraction of sp³-hybridized carbons (Fsp3) is 0.258. The monoisotopic (exact) mass is 494 g/mol. The van der Waals surface area contributed by atoms with Gasteiger partial charge in [-0.25, -0.2) is 4.39 Å². The number of aryl methyl sites for hydroxylation is 1. The van der Waals surface area contributed by atoms with Crippen LogP contribution in [0.15, 0.2) is 72.8 Å². The number of benzene rings is 3. The zero-order valence-electron chi connectivity index (χ0n) is 20.7. The average molecular weight is 495 g/mol. The highest BCUT2D eigenvalue weighted by atomic mass is 19.1. The van der Waals surface area contributed by atoms with E-state index in [4.69, 9.17) is 0 Å². The topological polar surface area (TPSA) is 66.5 Å². The first-order valence-electron chi connectivity index (χ1n) is 12.7. The van der Waals surface area contributed by atoms with E-state index in [9.17, 15) is 18.8 Å². The van der Waals surface area contributed by atoms with Crippen LogP contribution < -0.4 is 10.2 Å². The molecule has 186 valence electrons. The van der Waals surface area contributed by atoms with Crippen molar-refractivity contribution in [2.75, 3.05) is 10.2 Å². The molecule has 0 radical (unpaired) electrons. The highest BCUT2D eigenvalue weighted by Gasteiger charge is 2.69. The molecule has 1 fully saturated rings. The van der Waals surface area contributed by atoms with Crippen LogP contribution in [0.4, 0.5) is 15.8 Å². The molecular formula is C31H27FN2O3. The Labute approximate surface area is 215 Å². The number of hydrogen-bond donors (Lipinski definition) is 1. The van der Waals surface area contributed by atoms with Crippen LogP contribution >= 0.6 is 0 Å². The minimum Gasteiger partial charge on any atom is -0.352 e. The van der Waals surface area contributed by atoms with Crippen molar-refractivity contribution in [1.29, 1.82) is 0 Å². The van der Waals surface area contributed by atoms with Crippen LogP contribution in [0.25, 0.3) is 6.08 Å². The maximum absolute atomic E-state index is 14.4. The second-order valence-corrected chi connectivity index (χ2v) is 10.1. The fourth-order valence-corrected chi connectivity index (χ4v) is 6.61. The van der Waals surface area contributed by atoms with E-state index in [0.29, 0.717) is 28.1 Å². The highest BCUT2D eigenvalue weighted by Crippen LogP contribution is 2.57. The largest absolute Gasteiger partial charge is 0.352 e. The fourth-order valence-electron chi connectivity index (χ4n) is 6.61. The summed E-state index contributed by atoms with van der Waals surface area (Å²) in [5.74, 6) is -2.13. The summed E-state index contributed by atoms with van der Waals surface area (Å²) in [6.45, 7) is 3.56. The Bertz CT molecular complexity index is 1480. The first-order valence-corrected chi connectivity index (χ1v) is 12.7. The molecule has 0 saturated carbocycles. The summed E-state index contributed by atoms with van der Waals surface area (Å²) in [7, 11) is 0. The van der Waals surface area contributed by atoms with Gasteiger partial charge in [-0.2, -0.15) is 0 Å². The first kappa shape index (κ1) is 23.3. The van der Waals surface area contributed by atoms with E-state index in [1.54, 1.807) is 24.3 Å². The summed E-state index contributed by atoms with van der Waals surface area (Å²) < 4.78 is 14.1. The maximum atomic E-state index is 14.4. The van der Waals surface area contributed by atoms with Crippen LogP contribution in [0.3, 0.4) is 0 Å². The van der Waals surface area contributed by atoms with Crippen molar-refractivity contribution in [3.8, 4) is 0 Å². The lowest BCUT2D eigenvalue weighted by atomic mass is 9.64. The van der Waals surface area contributed by atoms with Gasteiger partial charge in [-0.15, -0.1) is 0 Å². The Morgan fingerprint density at radius 3 is 2.54 bits per heavy atom. The molecule has 37 heavy (non-hydrogen) atoms. The summed E-state index contributed by atoms with van der Waals surface area (Å²) in [5.41, 5.74) is 2.87. The van der Waals surface area contributed by atoms with Gasteiger partial charge in [-0.3, -0.25) is 14.4 Å². The van der Waals surface area contributed by atoms with E-state index in [1.807, 2.05) is 47.4 Å². The Kier molecular flexibility index (Phi) is 5.37. The molecule has 5 nitrogen and oxygen atoms in total. The standard InChI is InChI=1S/C31H27FN2O3/c1-3-6-19-9-11-20(12-10-19)29(36)27-28(18(2)35)34-25-15-14-22(32)17-21(25)13-16-26(34)31(27)23-7-4-5-8-24(23)33-30(31)37/h4-5,7-17,26-28H,3,6H2,1-2H3,(H,33,37)/t26-,27+,28+,31+/m1/s1. The van der Waals surface area contributed by atoms with E-state index < -0.39 is 23.4 Å². The number of amides is 1. The normalized spacial score (nSPS) is 25.0. The van der Waals surface area contributed by atoms with Crippen LogP contribution in [-0.2, 0) is 21.4 Å². The Hall–Kier alpha value is -4.06. The molecule has 3 aromatic rings. The lowest BCUT2D eigenvalue weighted by Crippen LogP contribution is -2.51. The number of carbonyl (C=O) groups excluding carboxylic acids is 3. The van der Waals surface area contributed by atoms with Crippen molar-refractivity contribution in [1.82, 2.24) is 0 Å². The molecule has 3 aliphatic rings. The number of nitrogens with one attached hydrogen (secondary N) is 1. The SMILES string of the molecule is CCCc1ccc(C(=O)[C@@H]2[C@H](C(C)=O)N3c4ccc(F)cc4C=C[C@@H]3[C@]23C(=O)Nc2ccccc23)cc1. The third kappa shape index (κ3) is 3.24. The van der Waals surface area contributed by atoms with Gasteiger partial charge in [-0.1, -0.05) is 68.0 Å². The summed E-state index contributed by atoms with van der Waals surface area (Å²) in [6.07, 6.45) is 5.53. The summed E-state index contributed by atoms with van der Waals surface area (Å²) in [5, 5.41) is 2.99. The summed E-state index contributed by atoms with van der Waals surface area (Å²) >= 11 is 0. The quantitative estimate of drug-likeness (QED) is 0.486. The molecule has 0 aliphatic carbocycles. The molecule has 6 rings (SSSR count). The van der Waals surface area contributed by atoms with Gasteiger partial charge in [0.2, 0.25) is 5.91 Å². The summed E-state index contributed by atoms with van der Waals surface area (Å²) in [6, 6.07) is 17.8. The average Bonchev–Trinajstić information content (AvgIpc) is 3.37. The number of hydrogen-bond acceptors (Lipinski definition) is 4. The number of rotatable bonds is 5. The second-order valence-electron chi connectivity index (χ2n) is 10.1. The maximum Gasteiger partial charge on any atom is 0.238 e. The van der Waals surface area contributed by atoms with Crippen LogP contribution in [0.2, 0.25) is 0 Å². The van der Waals surface area contributed by atoms with E-state index in [-0.39, 0.29) is 23.3 Å². The molecular weight excluding hydrogens is 467 g/mol. The van der Waals surface area contributed by atoms with Gasteiger partial charge in [0.25, 0.3) is 0 Å². The third-order valence-corrected chi connectivity index (χ3v) is 8.07. The number of anilines is 2. The zero-order valence-corrected chi connectivity index (χ0v) is 20.7. The molecule has 0 bridgehead atoms. The van der Waals surface area contributed by atoms with E-state index in [2.05, 4.69) is 12.2 Å². The Morgan fingerprint density at radius 1 is 1.05 bits per heavy atom. The predicted molar refractivity (Wildman–Crippen MR) is 141 cm³/mol. The number of para-hydroxylation sites is 1. The van der Waals surface area contributed by atoms with Crippen molar-refractivity contribution in [3.05, 3.63) is 101 Å². The molecule has 3 aromatic carbocycles. The van der Waals surface area contributed by atoms with Crippen molar-refractivity contribution in [3.63, 3.8) is 0 Å². The number of carbonyl (C=O) groups is 3. The number of halogens is 1. The van der Waals surface area contributed by atoms with Crippen LogP contribution in [-0.4, -0.2) is 29.6 Å². The molecule has 0 aromatic heterocycles. The van der Waals surface area contributed by atoms with Gasteiger partial charge < -0.3 is 10.2 Å². The minimum atomic E-state index is -1.32. The van der Waals surface area contributed by atoms with Gasteiger partial charge in [0, 0.05) is 22.5 Å². The van der Waals surface area contributed by atoms with Gasteiger partial charge in [0.15, 0.2) is 11.6 Å². The first-order chi connectivity index (χ1) is 17.9. The van der Waals surface area contributed by atoms with Crippen LogP contribution in [0.1, 0.15) is 47.3 Å². The Balaban J connectivity index is 1.60. The smallest absolute Gasteiger partial charge is 0.238 e. The van der Waals surface area contributed by atoms with Gasteiger partial charge >= 0.3 is 0 Å². The van der Waals surface area contributed by atoms with Crippen LogP contribution in [0.5, 0.6) is 0 Å². The Morgan fingerprint density at radius 2 is 1.81 bits per heavy atom. The highest BCUT2D eigenvalue weighted by molar-refractivity contribution is 6.16. The molecule has 6 heteroatoms. The van der Waals surface area contributed by atoms with Crippen molar-refractivity contribution < 1.29 is 18.8 Å². The van der Waals surface area contributed by atoms with Crippen LogP contribution in [0, 0.1) is 11.7 Å². The molecule has 1 saturated heterocycles. The number of fused-ring (bicyclic) bond motifs is 6. The predicted octanol–water partition coefficient (Wildman–Crippen LogP) is 5.34. The van der Waals surface area contributed by atoms with E-state index in [0.717, 1.165) is 18.4 Å². The molecule has 4 atom stereocenters. The second kappa shape index (κ2) is 8.51. The van der Waals surface area contributed by atoms with Gasteiger partial charge in [0.1, 0.15) is 11.2 Å². The lowest BCUT2D eigenvalue weighted by Gasteiger charge is -2.37. The number of Topliss-reactive ketones (excluding diaryl/α,β-unsaturated/α-hetero) is 2. The van der Waals surface area contributed by atoms with E-state index in [1.165, 1.54) is 19.1 Å². The van der Waals surface area contributed by atoms with Crippen molar-refractivity contribution in [2.24, 2.45) is 5.92 Å². The molecule has 1 N–H and O–H groups in total.